The standard InChI is InChI=1S/C15H14ClNO2S/c1-8-7-9(16)5-6-10(8)14-17-13-11(15(18)19)3-2-4-12(13)20-14/h5-7,11H,2-4H2,1H3,(H,18,19). The van der Waals surface area contributed by atoms with Crippen LogP contribution >= 0.6 is 22.9 Å². The van der Waals surface area contributed by atoms with E-state index in [0.29, 0.717) is 11.4 Å². The first-order valence-electron chi connectivity index (χ1n) is 6.55. The Kier molecular flexibility index (Phi) is 3.52. The fourth-order valence-electron chi connectivity index (χ4n) is 2.64. The van der Waals surface area contributed by atoms with Gasteiger partial charge >= 0.3 is 5.97 Å². The number of nitrogens with zero attached hydrogens (tertiary/aromatic N) is 1. The Morgan fingerprint density at radius 1 is 1.50 bits per heavy atom. The Hall–Kier alpha value is -1.39. The van der Waals surface area contributed by atoms with Gasteiger partial charge in [0.2, 0.25) is 0 Å². The Morgan fingerprint density at radius 2 is 2.30 bits per heavy atom. The van der Waals surface area contributed by atoms with Gasteiger partial charge in [0, 0.05) is 15.5 Å². The Bertz CT molecular complexity index is 681. The molecule has 1 aromatic heterocycles. The van der Waals surface area contributed by atoms with Crippen LogP contribution in [0.2, 0.25) is 5.02 Å². The predicted octanol–water partition coefficient (Wildman–Crippen LogP) is 4.28. The molecule has 5 heteroatoms. The van der Waals surface area contributed by atoms with Gasteiger partial charge in [0.05, 0.1) is 11.6 Å². The zero-order valence-corrected chi connectivity index (χ0v) is 12.6. The molecule has 0 spiro atoms. The molecule has 0 radical (unpaired) electrons. The molecule has 0 saturated carbocycles. The molecule has 1 aliphatic carbocycles. The summed E-state index contributed by atoms with van der Waals surface area (Å²) in [6.45, 7) is 2.00. The van der Waals surface area contributed by atoms with Gasteiger partial charge in [0.15, 0.2) is 0 Å². The number of aromatic nitrogens is 1. The van der Waals surface area contributed by atoms with Gasteiger partial charge in [0.25, 0.3) is 0 Å². The lowest BCUT2D eigenvalue weighted by atomic mass is 9.91. The van der Waals surface area contributed by atoms with E-state index in [4.69, 9.17) is 11.6 Å². The first kappa shape index (κ1) is 13.6. The van der Waals surface area contributed by atoms with Crippen molar-refractivity contribution in [1.82, 2.24) is 4.98 Å². The molecule has 104 valence electrons. The maximum Gasteiger partial charge on any atom is 0.312 e. The van der Waals surface area contributed by atoms with E-state index in [-0.39, 0.29) is 0 Å². The molecule has 1 aromatic carbocycles. The van der Waals surface area contributed by atoms with Crippen molar-refractivity contribution in [2.75, 3.05) is 0 Å². The molecule has 3 rings (SSSR count). The fourth-order valence-corrected chi connectivity index (χ4v) is 4.12. The SMILES string of the molecule is Cc1cc(Cl)ccc1-c1nc2c(s1)CCCC2C(=O)O. The molecule has 1 atom stereocenters. The average Bonchev–Trinajstić information content (AvgIpc) is 2.81. The summed E-state index contributed by atoms with van der Waals surface area (Å²) in [4.78, 5) is 17.0. The monoisotopic (exact) mass is 307 g/mol. The van der Waals surface area contributed by atoms with Crippen molar-refractivity contribution in [3.63, 3.8) is 0 Å². The van der Waals surface area contributed by atoms with Crippen molar-refractivity contribution >= 4 is 28.9 Å². The van der Waals surface area contributed by atoms with E-state index in [9.17, 15) is 9.90 Å². The first-order chi connectivity index (χ1) is 9.56. The zero-order chi connectivity index (χ0) is 14.3. The smallest absolute Gasteiger partial charge is 0.312 e. The third-order valence-electron chi connectivity index (χ3n) is 3.67. The van der Waals surface area contributed by atoms with Gasteiger partial charge in [-0.1, -0.05) is 17.7 Å². The van der Waals surface area contributed by atoms with Crippen molar-refractivity contribution in [1.29, 1.82) is 0 Å². The van der Waals surface area contributed by atoms with Crippen LogP contribution in [-0.2, 0) is 11.2 Å². The third-order valence-corrected chi connectivity index (χ3v) is 5.07. The normalized spacial score (nSPS) is 17.8. The zero-order valence-electron chi connectivity index (χ0n) is 11.0. The Balaban J connectivity index is 2.07. The van der Waals surface area contributed by atoms with Crippen LogP contribution in [-0.4, -0.2) is 16.1 Å². The van der Waals surface area contributed by atoms with E-state index >= 15 is 0 Å². The van der Waals surface area contributed by atoms with Crippen molar-refractivity contribution in [2.45, 2.75) is 32.1 Å². The number of rotatable bonds is 2. The van der Waals surface area contributed by atoms with E-state index in [1.54, 1.807) is 11.3 Å². The van der Waals surface area contributed by atoms with Crippen LogP contribution in [0.4, 0.5) is 0 Å². The lowest BCUT2D eigenvalue weighted by Crippen LogP contribution is -2.17. The quantitative estimate of drug-likeness (QED) is 0.901. The van der Waals surface area contributed by atoms with Crippen LogP contribution in [0.5, 0.6) is 0 Å². The van der Waals surface area contributed by atoms with Crippen molar-refractivity contribution in [3.05, 3.63) is 39.4 Å². The van der Waals surface area contributed by atoms with Crippen LogP contribution in [0, 0.1) is 6.92 Å². The maximum atomic E-state index is 11.3. The molecule has 0 bridgehead atoms. The minimum atomic E-state index is -0.768. The highest BCUT2D eigenvalue weighted by Gasteiger charge is 2.30. The van der Waals surface area contributed by atoms with E-state index in [0.717, 1.165) is 39.5 Å². The number of benzene rings is 1. The van der Waals surface area contributed by atoms with E-state index < -0.39 is 11.9 Å². The second-order valence-electron chi connectivity index (χ2n) is 5.07. The minimum absolute atomic E-state index is 0.448. The highest BCUT2D eigenvalue weighted by atomic mass is 35.5. The summed E-state index contributed by atoms with van der Waals surface area (Å²) in [6, 6.07) is 5.71. The van der Waals surface area contributed by atoms with Gasteiger partial charge in [0.1, 0.15) is 5.01 Å². The maximum absolute atomic E-state index is 11.3. The molecule has 2 aromatic rings. The molecular weight excluding hydrogens is 294 g/mol. The average molecular weight is 308 g/mol. The lowest BCUT2D eigenvalue weighted by Gasteiger charge is -2.16. The molecular formula is C15H14ClNO2S. The molecule has 20 heavy (non-hydrogen) atoms. The Morgan fingerprint density at radius 3 is 3.00 bits per heavy atom. The van der Waals surface area contributed by atoms with E-state index in [1.165, 1.54) is 0 Å². The van der Waals surface area contributed by atoms with Gasteiger partial charge in [-0.2, -0.15) is 0 Å². The molecule has 0 amide bonds. The number of halogens is 1. The summed E-state index contributed by atoms with van der Waals surface area (Å²) in [6.07, 6.45) is 2.54. The first-order valence-corrected chi connectivity index (χ1v) is 7.74. The number of carboxylic acids is 1. The fraction of sp³-hybridized carbons (Fsp3) is 0.333. The molecule has 1 N–H and O–H groups in total. The summed E-state index contributed by atoms with van der Waals surface area (Å²) < 4.78 is 0. The van der Waals surface area contributed by atoms with Gasteiger partial charge in [-0.15, -0.1) is 11.3 Å². The van der Waals surface area contributed by atoms with Crippen molar-refractivity contribution < 1.29 is 9.90 Å². The van der Waals surface area contributed by atoms with Crippen LogP contribution in [0.3, 0.4) is 0 Å². The number of hydrogen-bond donors (Lipinski definition) is 1. The van der Waals surface area contributed by atoms with E-state index in [2.05, 4.69) is 4.98 Å². The van der Waals surface area contributed by atoms with Gasteiger partial charge < -0.3 is 5.11 Å². The van der Waals surface area contributed by atoms with Gasteiger partial charge in [-0.3, -0.25) is 4.79 Å². The Labute approximate surface area is 126 Å². The predicted molar refractivity (Wildman–Crippen MR) is 80.6 cm³/mol. The molecule has 0 aliphatic heterocycles. The third kappa shape index (κ3) is 2.34. The largest absolute Gasteiger partial charge is 0.481 e. The minimum Gasteiger partial charge on any atom is -0.481 e. The number of fused-ring (bicyclic) bond motifs is 1. The van der Waals surface area contributed by atoms with Crippen molar-refractivity contribution in [3.8, 4) is 10.6 Å². The molecule has 0 fully saturated rings. The molecule has 1 aliphatic rings. The number of aliphatic carboxylic acids is 1. The summed E-state index contributed by atoms with van der Waals surface area (Å²) in [5.41, 5.74) is 2.87. The van der Waals surface area contributed by atoms with Crippen molar-refractivity contribution in [2.24, 2.45) is 0 Å². The second kappa shape index (κ2) is 5.19. The number of thiazole rings is 1. The molecule has 1 heterocycles. The topological polar surface area (TPSA) is 50.2 Å². The van der Waals surface area contributed by atoms with Gasteiger partial charge in [-0.05, 0) is 43.9 Å². The van der Waals surface area contributed by atoms with Crippen LogP contribution in [0.1, 0.15) is 34.9 Å². The van der Waals surface area contributed by atoms with Crippen LogP contribution < -0.4 is 0 Å². The lowest BCUT2D eigenvalue weighted by molar-refractivity contribution is -0.139. The summed E-state index contributed by atoms with van der Waals surface area (Å²) in [5.74, 6) is -1.22. The highest BCUT2D eigenvalue weighted by molar-refractivity contribution is 7.15. The van der Waals surface area contributed by atoms with Crippen LogP contribution in [0.25, 0.3) is 10.6 Å². The number of aryl methyl sites for hydroxylation is 2. The molecule has 0 saturated heterocycles. The summed E-state index contributed by atoms with van der Waals surface area (Å²) >= 11 is 7.59. The van der Waals surface area contributed by atoms with E-state index in [1.807, 2.05) is 25.1 Å². The highest BCUT2D eigenvalue weighted by Crippen LogP contribution is 2.39. The summed E-state index contributed by atoms with van der Waals surface area (Å²) in [7, 11) is 0. The second-order valence-corrected chi connectivity index (χ2v) is 6.59. The van der Waals surface area contributed by atoms with Crippen LogP contribution in [0.15, 0.2) is 18.2 Å². The molecule has 3 nitrogen and oxygen atoms in total. The number of hydrogen-bond acceptors (Lipinski definition) is 3. The molecule has 1 unspecified atom stereocenters. The van der Waals surface area contributed by atoms with Gasteiger partial charge in [-0.25, -0.2) is 4.98 Å². The number of carboxylic acid groups (broad SMARTS) is 1. The summed E-state index contributed by atoms with van der Waals surface area (Å²) in [5, 5.41) is 10.9. The number of carbonyl (C=O) groups is 1.